The van der Waals surface area contributed by atoms with Crippen LogP contribution in [-0.4, -0.2) is 19.3 Å². The SMILES string of the molecule is CCc1ccccc1NCCC(C)(C)OC. The third-order valence-corrected chi connectivity index (χ3v) is 2.99. The smallest absolute Gasteiger partial charge is 0.0639 e. The van der Waals surface area contributed by atoms with Crippen molar-refractivity contribution in [2.24, 2.45) is 0 Å². The van der Waals surface area contributed by atoms with Crippen molar-refractivity contribution in [3.63, 3.8) is 0 Å². The molecule has 0 heterocycles. The quantitative estimate of drug-likeness (QED) is 0.794. The van der Waals surface area contributed by atoms with Crippen LogP contribution in [0.4, 0.5) is 5.69 Å². The number of hydrogen-bond acceptors (Lipinski definition) is 2. The van der Waals surface area contributed by atoms with Crippen molar-refractivity contribution in [1.29, 1.82) is 0 Å². The third kappa shape index (κ3) is 3.86. The number of aryl methyl sites for hydroxylation is 1. The minimum atomic E-state index is -0.0475. The van der Waals surface area contributed by atoms with Crippen LogP contribution in [0.5, 0.6) is 0 Å². The molecule has 2 nitrogen and oxygen atoms in total. The second-order valence-corrected chi connectivity index (χ2v) is 4.65. The molecule has 0 aromatic heterocycles. The standard InChI is InChI=1S/C14H23NO/c1-5-12-8-6-7-9-13(12)15-11-10-14(2,3)16-4/h6-9,15H,5,10-11H2,1-4H3. The Balaban J connectivity index is 2.49. The zero-order chi connectivity index (χ0) is 12.0. The topological polar surface area (TPSA) is 21.3 Å². The first-order valence-electron chi connectivity index (χ1n) is 5.96. The Morgan fingerprint density at radius 3 is 2.56 bits per heavy atom. The van der Waals surface area contributed by atoms with Crippen molar-refractivity contribution in [2.45, 2.75) is 39.2 Å². The maximum absolute atomic E-state index is 5.39. The fourth-order valence-electron chi connectivity index (χ4n) is 1.60. The molecule has 0 unspecified atom stereocenters. The normalized spacial score (nSPS) is 11.5. The summed E-state index contributed by atoms with van der Waals surface area (Å²) in [6.07, 6.45) is 2.07. The molecule has 1 rings (SSSR count). The van der Waals surface area contributed by atoms with Crippen molar-refractivity contribution >= 4 is 5.69 Å². The minimum absolute atomic E-state index is 0.0475. The van der Waals surface area contributed by atoms with E-state index in [4.69, 9.17) is 4.74 Å². The highest BCUT2D eigenvalue weighted by atomic mass is 16.5. The number of para-hydroxylation sites is 1. The predicted octanol–water partition coefficient (Wildman–Crippen LogP) is 3.48. The molecule has 0 radical (unpaired) electrons. The minimum Gasteiger partial charge on any atom is -0.385 e. The van der Waals surface area contributed by atoms with Gasteiger partial charge in [-0.2, -0.15) is 0 Å². The molecule has 1 aromatic carbocycles. The van der Waals surface area contributed by atoms with Crippen LogP contribution in [0, 0.1) is 0 Å². The van der Waals surface area contributed by atoms with Gasteiger partial charge in [0.1, 0.15) is 0 Å². The molecule has 0 spiro atoms. The molecule has 90 valence electrons. The maximum atomic E-state index is 5.39. The van der Waals surface area contributed by atoms with E-state index in [0.717, 1.165) is 19.4 Å². The fourth-order valence-corrected chi connectivity index (χ4v) is 1.60. The summed E-state index contributed by atoms with van der Waals surface area (Å²) in [7, 11) is 1.76. The second kappa shape index (κ2) is 5.90. The van der Waals surface area contributed by atoms with Gasteiger partial charge in [-0.25, -0.2) is 0 Å². The number of anilines is 1. The lowest BCUT2D eigenvalue weighted by molar-refractivity contribution is 0.0185. The van der Waals surface area contributed by atoms with Gasteiger partial charge in [0, 0.05) is 19.3 Å². The maximum Gasteiger partial charge on any atom is 0.0639 e. The van der Waals surface area contributed by atoms with Gasteiger partial charge in [-0.05, 0) is 38.3 Å². The predicted molar refractivity (Wildman–Crippen MR) is 70.0 cm³/mol. The largest absolute Gasteiger partial charge is 0.385 e. The van der Waals surface area contributed by atoms with Crippen LogP contribution >= 0.6 is 0 Å². The summed E-state index contributed by atoms with van der Waals surface area (Å²) in [6, 6.07) is 8.47. The van der Waals surface area contributed by atoms with Gasteiger partial charge in [-0.15, -0.1) is 0 Å². The first-order chi connectivity index (χ1) is 7.59. The Labute approximate surface area is 99.0 Å². The van der Waals surface area contributed by atoms with E-state index in [1.807, 2.05) is 0 Å². The summed E-state index contributed by atoms with van der Waals surface area (Å²) >= 11 is 0. The molecule has 0 bridgehead atoms. The highest BCUT2D eigenvalue weighted by Crippen LogP contribution is 2.17. The van der Waals surface area contributed by atoms with Crippen molar-refractivity contribution in [2.75, 3.05) is 19.0 Å². The number of nitrogens with one attached hydrogen (secondary N) is 1. The van der Waals surface area contributed by atoms with Gasteiger partial charge >= 0.3 is 0 Å². The Kier molecular flexibility index (Phi) is 4.81. The van der Waals surface area contributed by atoms with Gasteiger partial charge in [0.25, 0.3) is 0 Å². The summed E-state index contributed by atoms with van der Waals surface area (Å²) in [5.41, 5.74) is 2.57. The number of rotatable bonds is 6. The van der Waals surface area contributed by atoms with E-state index in [1.165, 1.54) is 11.3 Å². The summed E-state index contributed by atoms with van der Waals surface area (Å²) in [6.45, 7) is 7.35. The van der Waals surface area contributed by atoms with Crippen LogP contribution in [-0.2, 0) is 11.2 Å². The molecule has 0 aliphatic heterocycles. The van der Waals surface area contributed by atoms with E-state index in [2.05, 4.69) is 50.4 Å². The van der Waals surface area contributed by atoms with Crippen LogP contribution in [0.15, 0.2) is 24.3 Å². The van der Waals surface area contributed by atoms with E-state index >= 15 is 0 Å². The van der Waals surface area contributed by atoms with Crippen LogP contribution in [0.1, 0.15) is 32.8 Å². The molecule has 0 aliphatic carbocycles. The van der Waals surface area contributed by atoms with Crippen molar-refractivity contribution in [1.82, 2.24) is 0 Å². The average Bonchev–Trinajstić information content (AvgIpc) is 2.29. The summed E-state index contributed by atoms with van der Waals surface area (Å²) in [5.74, 6) is 0. The lowest BCUT2D eigenvalue weighted by atomic mass is 10.0. The molecule has 0 amide bonds. The van der Waals surface area contributed by atoms with Gasteiger partial charge in [0.2, 0.25) is 0 Å². The van der Waals surface area contributed by atoms with Crippen molar-refractivity contribution in [3.8, 4) is 0 Å². The van der Waals surface area contributed by atoms with Crippen molar-refractivity contribution < 1.29 is 4.74 Å². The van der Waals surface area contributed by atoms with E-state index in [-0.39, 0.29) is 5.60 Å². The zero-order valence-electron chi connectivity index (χ0n) is 10.8. The summed E-state index contributed by atoms with van der Waals surface area (Å²) in [5, 5.41) is 3.47. The Bertz CT molecular complexity index is 320. The van der Waals surface area contributed by atoms with Crippen molar-refractivity contribution in [3.05, 3.63) is 29.8 Å². The van der Waals surface area contributed by atoms with Gasteiger partial charge in [-0.3, -0.25) is 0 Å². The number of ether oxygens (including phenoxy) is 1. The lowest BCUT2D eigenvalue weighted by Crippen LogP contribution is -2.25. The molecular weight excluding hydrogens is 198 g/mol. The zero-order valence-corrected chi connectivity index (χ0v) is 10.8. The highest BCUT2D eigenvalue weighted by Gasteiger charge is 2.15. The first-order valence-corrected chi connectivity index (χ1v) is 5.96. The van der Waals surface area contributed by atoms with Gasteiger partial charge in [0.15, 0.2) is 0 Å². The number of methoxy groups -OCH3 is 1. The van der Waals surface area contributed by atoms with Crippen LogP contribution in [0.25, 0.3) is 0 Å². The molecule has 0 saturated heterocycles. The van der Waals surface area contributed by atoms with Crippen LogP contribution in [0.2, 0.25) is 0 Å². The third-order valence-electron chi connectivity index (χ3n) is 2.99. The van der Waals surface area contributed by atoms with Gasteiger partial charge in [0.05, 0.1) is 5.60 Å². The van der Waals surface area contributed by atoms with E-state index in [9.17, 15) is 0 Å². The molecule has 2 heteroatoms. The molecule has 0 atom stereocenters. The van der Waals surface area contributed by atoms with Crippen LogP contribution < -0.4 is 5.32 Å². The molecule has 1 aromatic rings. The van der Waals surface area contributed by atoms with E-state index < -0.39 is 0 Å². The Morgan fingerprint density at radius 2 is 1.94 bits per heavy atom. The van der Waals surface area contributed by atoms with Gasteiger partial charge < -0.3 is 10.1 Å². The molecular formula is C14H23NO. The molecule has 0 saturated carbocycles. The summed E-state index contributed by atoms with van der Waals surface area (Å²) in [4.78, 5) is 0. The average molecular weight is 221 g/mol. The molecule has 0 fully saturated rings. The summed E-state index contributed by atoms with van der Waals surface area (Å²) < 4.78 is 5.39. The van der Waals surface area contributed by atoms with Crippen LogP contribution in [0.3, 0.4) is 0 Å². The van der Waals surface area contributed by atoms with E-state index in [0.29, 0.717) is 0 Å². The monoisotopic (exact) mass is 221 g/mol. The van der Waals surface area contributed by atoms with Gasteiger partial charge in [-0.1, -0.05) is 25.1 Å². The van der Waals surface area contributed by atoms with E-state index in [1.54, 1.807) is 7.11 Å². The fraction of sp³-hybridized carbons (Fsp3) is 0.571. The molecule has 16 heavy (non-hydrogen) atoms. The highest BCUT2D eigenvalue weighted by molar-refractivity contribution is 5.50. The number of hydrogen-bond donors (Lipinski definition) is 1. The first kappa shape index (κ1) is 13.0. The Hall–Kier alpha value is -1.02. The second-order valence-electron chi connectivity index (χ2n) is 4.65. The molecule has 1 N–H and O–H groups in total. The lowest BCUT2D eigenvalue weighted by Gasteiger charge is -2.23. The Morgan fingerprint density at radius 1 is 1.25 bits per heavy atom. The molecule has 0 aliphatic rings. The number of benzene rings is 1.